The Hall–Kier alpha value is -0.0600. The molecule has 131 valence electrons. The summed E-state index contributed by atoms with van der Waals surface area (Å²) in [4.78, 5) is 20.7. The molecular formula is C18H34NaO4. The van der Waals surface area contributed by atoms with Crippen molar-refractivity contribution in [3.05, 3.63) is 0 Å². The van der Waals surface area contributed by atoms with Crippen LogP contribution in [0.4, 0.5) is 0 Å². The van der Waals surface area contributed by atoms with Crippen molar-refractivity contribution in [2.75, 3.05) is 0 Å². The first-order valence-electron chi connectivity index (χ1n) is 9.06. The minimum absolute atomic E-state index is 0. The first-order chi connectivity index (χ1) is 10.6. The zero-order valence-electron chi connectivity index (χ0n) is 15.0. The maximum absolute atomic E-state index is 10.3. The fraction of sp³-hybridized carbons (Fsp3) is 0.889. The molecule has 5 heteroatoms. The molecule has 0 fully saturated rings. The fourth-order valence-electron chi connectivity index (χ4n) is 2.67. The molecular weight excluding hydrogens is 303 g/mol. The number of hydrogen-bond acceptors (Lipinski definition) is 2. The zero-order valence-corrected chi connectivity index (χ0v) is 17.0. The third kappa shape index (κ3) is 24.3. The minimum Gasteiger partial charge on any atom is -0.481 e. The summed E-state index contributed by atoms with van der Waals surface area (Å²) >= 11 is 0. The molecule has 0 amide bonds. The van der Waals surface area contributed by atoms with E-state index >= 15 is 0 Å². The van der Waals surface area contributed by atoms with E-state index in [1.165, 1.54) is 64.2 Å². The smallest absolute Gasteiger partial charge is 0.303 e. The predicted octanol–water partition coefficient (Wildman–Crippen LogP) is 5.02. The van der Waals surface area contributed by atoms with E-state index in [1.807, 2.05) is 0 Å². The quantitative estimate of drug-likeness (QED) is 0.289. The van der Waals surface area contributed by atoms with Crippen LogP contribution in [-0.2, 0) is 9.59 Å². The van der Waals surface area contributed by atoms with Gasteiger partial charge in [0.1, 0.15) is 0 Å². The van der Waals surface area contributed by atoms with E-state index in [2.05, 4.69) is 0 Å². The van der Waals surface area contributed by atoms with Gasteiger partial charge in [-0.05, 0) is 12.8 Å². The molecule has 0 aliphatic carbocycles. The van der Waals surface area contributed by atoms with Crippen molar-refractivity contribution in [3.8, 4) is 0 Å². The first kappa shape index (κ1) is 25.2. The SMILES string of the molecule is O=C(O)CCCCCCCCCCCCCCCCC(=O)O.[Na]. The van der Waals surface area contributed by atoms with Crippen LogP contribution in [0.3, 0.4) is 0 Å². The molecule has 0 bridgehead atoms. The topological polar surface area (TPSA) is 74.6 Å². The summed E-state index contributed by atoms with van der Waals surface area (Å²) in [6, 6.07) is 0. The summed E-state index contributed by atoms with van der Waals surface area (Å²) in [6.07, 6.45) is 17.0. The summed E-state index contributed by atoms with van der Waals surface area (Å²) < 4.78 is 0. The maximum atomic E-state index is 10.3. The maximum Gasteiger partial charge on any atom is 0.303 e. The van der Waals surface area contributed by atoms with Crippen LogP contribution >= 0.6 is 0 Å². The van der Waals surface area contributed by atoms with Crippen molar-refractivity contribution in [2.24, 2.45) is 0 Å². The molecule has 0 saturated carbocycles. The summed E-state index contributed by atoms with van der Waals surface area (Å²) in [7, 11) is 0. The van der Waals surface area contributed by atoms with Crippen LogP contribution in [0.15, 0.2) is 0 Å². The van der Waals surface area contributed by atoms with Gasteiger partial charge in [-0.3, -0.25) is 9.59 Å². The van der Waals surface area contributed by atoms with Crippen LogP contribution in [0.5, 0.6) is 0 Å². The molecule has 0 aliphatic rings. The second-order valence-corrected chi connectivity index (χ2v) is 6.24. The number of hydrogen-bond donors (Lipinski definition) is 2. The second-order valence-electron chi connectivity index (χ2n) is 6.24. The van der Waals surface area contributed by atoms with Crippen LogP contribution in [0.2, 0.25) is 0 Å². The number of carbonyl (C=O) groups is 2. The van der Waals surface area contributed by atoms with Crippen LogP contribution in [-0.4, -0.2) is 51.7 Å². The van der Waals surface area contributed by atoms with Gasteiger partial charge in [-0.15, -0.1) is 0 Å². The van der Waals surface area contributed by atoms with E-state index in [4.69, 9.17) is 10.2 Å². The van der Waals surface area contributed by atoms with E-state index < -0.39 is 11.9 Å². The van der Waals surface area contributed by atoms with Crippen molar-refractivity contribution in [1.29, 1.82) is 0 Å². The molecule has 0 spiro atoms. The summed E-state index contributed by atoms with van der Waals surface area (Å²) in [5.41, 5.74) is 0. The van der Waals surface area contributed by atoms with Crippen molar-refractivity contribution in [3.63, 3.8) is 0 Å². The fourth-order valence-corrected chi connectivity index (χ4v) is 2.67. The molecule has 0 aromatic carbocycles. The Labute approximate surface area is 163 Å². The molecule has 0 aromatic rings. The van der Waals surface area contributed by atoms with Crippen molar-refractivity contribution < 1.29 is 19.8 Å². The van der Waals surface area contributed by atoms with Crippen LogP contribution in [0, 0.1) is 0 Å². The van der Waals surface area contributed by atoms with E-state index in [9.17, 15) is 9.59 Å². The Balaban J connectivity index is 0. The monoisotopic (exact) mass is 337 g/mol. The van der Waals surface area contributed by atoms with E-state index in [1.54, 1.807) is 0 Å². The molecule has 2 N–H and O–H groups in total. The van der Waals surface area contributed by atoms with Gasteiger partial charge in [0.25, 0.3) is 0 Å². The van der Waals surface area contributed by atoms with E-state index in [0.29, 0.717) is 12.8 Å². The van der Waals surface area contributed by atoms with Crippen LogP contribution in [0.1, 0.15) is 103 Å². The van der Waals surface area contributed by atoms with Gasteiger partial charge < -0.3 is 10.2 Å². The Morgan fingerprint density at radius 1 is 0.435 bits per heavy atom. The van der Waals surface area contributed by atoms with Gasteiger partial charge >= 0.3 is 11.9 Å². The molecule has 1 radical (unpaired) electrons. The number of rotatable bonds is 17. The van der Waals surface area contributed by atoms with Crippen molar-refractivity contribution in [1.82, 2.24) is 0 Å². The molecule has 0 saturated heterocycles. The standard InChI is InChI=1S/C18H34O4.Na/c19-17(20)15-13-11-9-7-5-3-1-2-4-6-8-10-12-14-16-18(21)22;/h1-16H2,(H,19,20)(H,21,22);. The van der Waals surface area contributed by atoms with Crippen molar-refractivity contribution in [2.45, 2.75) is 103 Å². The molecule has 0 aromatic heterocycles. The third-order valence-corrected chi connectivity index (χ3v) is 4.03. The Morgan fingerprint density at radius 3 is 0.783 bits per heavy atom. The molecule has 0 atom stereocenters. The Bertz CT molecular complexity index is 254. The molecule has 0 rings (SSSR count). The van der Waals surface area contributed by atoms with Gasteiger partial charge in [0.2, 0.25) is 0 Å². The Morgan fingerprint density at radius 2 is 0.609 bits per heavy atom. The minimum atomic E-state index is -0.679. The zero-order chi connectivity index (χ0) is 16.5. The van der Waals surface area contributed by atoms with Crippen LogP contribution < -0.4 is 0 Å². The van der Waals surface area contributed by atoms with E-state index in [-0.39, 0.29) is 29.6 Å². The average Bonchev–Trinajstić information content (AvgIpc) is 2.46. The van der Waals surface area contributed by atoms with Crippen LogP contribution in [0.25, 0.3) is 0 Å². The first-order valence-corrected chi connectivity index (χ1v) is 9.06. The number of carboxylic acids is 2. The number of aliphatic carboxylic acids is 2. The third-order valence-electron chi connectivity index (χ3n) is 4.03. The van der Waals surface area contributed by atoms with E-state index in [0.717, 1.165) is 25.7 Å². The molecule has 0 heterocycles. The van der Waals surface area contributed by atoms with Gasteiger partial charge in [-0.1, -0.05) is 77.0 Å². The predicted molar refractivity (Wildman–Crippen MR) is 94.9 cm³/mol. The molecule has 0 unspecified atom stereocenters. The average molecular weight is 337 g/mol. The van der Waals surface area contributed by atoms with Crippen molar-refractivity contribution >= 4 is 41.5 Å². The van der Waals surface area contributed by atoms with Gasteiger partial charge in [-0.25, -0.2) is 0 Å². The van der Waals surface area contributed by atoms with Gasteiger partial charge in [-0.2, -0.15) is 0 Å². The second kappa shape index (κ2) is 20.0. The largest absolute Gasteiger partial charge is 0.481 e. The van der Waals surface area contributed by atoms with Gasteiger partial charge in [0, 0.05) is 42.4 Å². The summed E-state index contributed by atoms with van der Waals surface area (Å²) in [5.74, 6) is -1.36. The summed E-state index contributed by atoms with van der Waals surface area (Å²) in [5, 5.41) is 17.0. The number of carboxylic acid groups (broad SMARTS) is 2. The molecule has 23 heavy (non-hydrogen) atoms. The molecule has 0 aliphatic heterocycles. The molecule has 4 nitrogen and oxygen atoms in total. The van der Waals surface area contributed by atoms with Gasteiger partial charge in [0.05, 0.1) is 0 Å². The number of unbranched alkanes of at least 4 members (excludes halogenated alkanes) is 13. The normalized spacial score (nSPS) is 10.3. The Kier molecular flexibility index (Phi) is 21.9. The summed E-state index contributed by atoms with van der Waals surface area (Å²) in [6.45, 7) is 0. The van der Waals surface area contributed by atoms with Gasteiger partial charge in [0.15, 0.2) is 0 Å².